The lowest BCUT2D eigenvalue weighted by atomic mass is 9.77. The van der Waals surface area contributed by atoms with Gasteiger partial charge in [0.05, 0.1) is 6.10 Å². The molecular weight excluding hydrogens is 444 g/mol. The number of benzene rings is 1. The number of hydrogen-bond acceptors (Lipinski definition) is 3. The maximum atomic E-state index is 11.9. The Morgan fingerprint density at radius 1 is 1.17 bits per heavy atom. The summed E-state index contributed by atoms with van der Waals surface area (Å²) in [6, 6.07) is 7.15. The van der Waals surface area contributed by atoms with Gasteiger partial charge in [-0.3, -0.25) is 4.79 Å². The highest BCUT2D eigenvalue weighted by atomic mass is 16.3. The van der Waals surface area contributed by atoms with Crippen molar-refractivity contribution in [3.8, 4) is 0 Å². The van der Waals surface area contributed by atoms with Crippen molar-refractivity contribution in [1.29, 1.82) is 0 Å². The van der Waals surface area contributed by atoms with Crippen LogP contribution in [0.3, 0.4) is 0 Å². The maximum absolute atomic E-state index is 11.9. The van der Waals surface area contributed by atoms with Crippen molar-refractivity contribution in [1.82, 2.24) is 10.2 Å². The van der Waals surface area contributed by atoms with Crippen LogP contribution in [0.15, 0.2) is 55.3 Å². The Kier molecular flexibility index (Phi) is 13.6. The second-order valence-electron chi connectivity index (χ2n) is 10.8. The lowest BCUT2D eigenvalue weighted by Crippen LogP contribution is -2.27. The van der Waals surface area contributed by atoms with Gasteiger partial charge in [0.2, 0.25) is 5.91 Å². The highest BCUT2D eigenvalue weighted by Crippen LogP contribution is 2.32. The van der Waals surface area contributed by atoms with Crippen LogP contribution >= 0.6 is 0 Å². The van der Waals surface area contributed by atoms with Crippen molar-refractivity contribution in [3.63, 3.8) is 0 Å². The van der Waals surface area contributed by atoms with Crippen molar-refractivity contribution >= 4 is 5.91 Å². The van der Waals surface area contributed by atoms with Gasteiger partial charge < -0.3 is 15.3 Å². The molecule has 1 aliphatic rings. The Balaban J connectivity index is 1.69. The van der Waals surface area contributed by atoms with Crippen LogP contribution in [0.25, 0.3) is 0 Å². The van der Waals surface area contributed by atoms with Gasteiger partial charge in [-0.05, 0) is 79.9 Å². The third-order valence-corrected chi connectivity index (χ3v) is 7.33. The third-order valence-electron chi connectivity index (χ3n) is 7.33. The first-order valence-corrected chi connectivity index (χ1v) is 14.1. The highest BCUT2D eigenvalue weighted by molar-refractivity contribution is 5.87. The predicted octanol–water partition coefficient (Wildman–Crippen LogP) is 6.39. The maximum Gasteiger partial charge on any atom is 0.246 e. The largest absolute Gasteiger partial charge is 0.393 e. The molecule has 2 rings (SSSR count). The molecule has 3 unspecified atom stereocenters. The third kappa shape index (κ3) is 11.2. The number of hydrogen-bond donors (Lipinski definition) is 2. The van der Waals surface area contributed by atoms with Crippen molar-refractivity contribution in [2.24, 2.45) is 11.8 Å². The zero-order valence-electron chi connectivity index (χ0n) is 23.1. The second-order valence-corrected chi connectivity index (χ2v) is 10.8. The summed E-state index contributed by atoms with van der Waals surface area (Å²) in [5.74, 6) is 1.23. The molecule has 0 aliphatic heterocycles. The molecule has 3 atom stereocenters. The van der Waals surface area contributed by atoms with Crippen LogP contribution in [0, 0.1) is 11.8 Å². The zero-order valence-corrected chi connectivity index (χ0v) is 23.1. The predicted molar refractivity (Wildman–Crippen MR) is 153 cm³/mol. The first-order valence-electron chi connectivity index (χ1n) is 14.1. The van der Waals surface area contributed by atoms with Crippen LogP contribution in [-0.4, -0.2) is 42.2 Å². The average molecular weight is 495 g/mol. The molecule has 0 radical (unpaired) electrons. The summed E-state index contributed by atoms with van der Waals surface area (Å²) < 4.78 is 0. The van der Waals surface area contributed by atoms with Gasteiger partial charge in [0, 0.05) is 38.3 Å². The highest BCUT2D eigenvalue weighted by Gasteiger charge is 2.25. The van der Waals surface area contributed by atoms with Crippen molar-refractivity contribution < 1.29 is 9.90 Å². The van der Waals surface area contributed by atoms with Gasteiger partial charge in [-0.25, -0.2) is 0 Å². The molecule has 2 N–H and O–H groups in total. The summed E-state index contributed by atoms with van der Waals surface area (Å²) in [6.07, 6.45) is 16.7. The van der Waals surface area contributed by atoms with Gasteiger partial charge in [0.25, 0.3) is 0 Å². The summed E-state index contributed by atoms with van der Waals surface area (Å²) in [5, 5.41) is 13.6. The molecule has 4 heteroatoms. The summed E-state index contributed by atoms with van der Waals surface area (Å²) >= 11 is 0. The molecule has 1 amide bonds. The number of rotatable bonds is 16. The van der Waals surface area contributed by atoms with Crippen molar-refractivity contribution in [2.75, 3.05) is 20.1 Å². The van der Waals surface area contributed by atoms with Gasteiger partial charge in [-0.15, -0.1) is 0 Å². The van der Waals surface area contributed by atoms with E-state index in [-0.39, 0.29) is 12.0 Å². The minimum Gasteiger partial charge on any atom is -0.393 e. The normalized spacial score (nSPS) is 19.8. The Bertz CT molecular complexity index is 850. The Morgan fingerprint density at radius 2 is 1.97 bits per heavy atom. The van der Waals surface area contributed by atoms with E-state index < -0.39 is 0 Å². The number of carbonyl (C=O) groups excluding carboxylic acids is 1. The monoisotopic (exact) mass is 494 g/mol. The van der Waals surface area contributed by atoms with Crippen LogP contribution in [0.5, 0.6) is 0 Å². The number of aryl methyl sites for hydroxylation is 2. The summed E-state index contributed by atoms with van der Waals surface area (Å²) in [6.45, 7) is 13.8. The first-order chi connectivity index (χ1) is 17.3. The van der Waals surface area contributed by atoms with Crippen LogP contribution in [0.4, 0.5) is 0 Å². The van der Waals surface area contributed by atoms with Crippen LogP contribution in [0.2, 0.25) is 0 Å². The summed E-state index contributed by atoms with van der Waals surface area (Å²) in [4.78, 5) is 13.6. The molecule has 0 bridgehead atoms. The number of carbonyl (C=O) groups is 1. The quantitative estimate of drug-likeness (QED) is 0.159. The fraction of sp³-hybridized carbons (Fsp3) is 0.594. The summed E-state index contributed by atoms with van der Waals surface area (Å²) in [7, 11) is 1.81. The molecule has 0 aromatic heterocycles. The number of likely N-dealkylation sites (N-methyl/N-ethyl adjacent to an activating group) is 1. The van der Waals surface area contributed by atoms with E-state index in [0.717, 1.165) is 57.2 Å². The molecule has 1 aromatic carbocycles. The molecule has 0 saturated heterocycles. The molecule has 0 spiro atoms. The molecule has 200 valence electrons. The number of unbranched alkanes of at least 4 members (excludes halogenated alkanes) is 2. The van der Waals surface area contributed by atoms with Gasteiger partial charge >= 0.3 is 0 Å². The van der Waals surface area contributed by atoms with E-state index in [9.17, 15) is 9.90 Å². The molecule has 1 aromatic rings. The number of allylic oxidation sites excluding steroid dienone is 2. The number of aliphatic hydroxyl groups is 1. The lowest BCUT2D eigenvalue weighted by Gasteiger charge is -2.31. The van der Waals surface area contributed by atoms with E-state index in [1.54, 1.807) is 17.1 Å². The molecule has 1 fully saturated rings. The number of aliphatic hydroxyl groups excluding tert-OH is 1. The standard InChI is InChI=1S/C32H50N2O2/c1-6-8-14-32(36)34(5)19-17-26(4)33-18-11-9-10-13-27-15-16-30(29(22-27)12-7-2)23-28-20-25(3)21-31(35)24-28/h6,8,14-16,22,25,28,31,33,35H,1,4,7,9-13,17-21,23-24H2,2-3,5H3/b14-8-. The SMILES string of the molecule is C=C/C=C\C(=O)N(C)CCC(=C)NCCCCCc1ccc(CC2CC(C)CC(O)C2)c(CCC)c1. The Hall–Kier alpha value is -2.33. The minimum absolute atomic E-state index is 0.0137. The zero-order chi connectivity index (χ0) is 26.3. The van der Waals surface area contributed by atoms with Crippen molar-refractivity contribution in [2.45, 2.75) is 90.6 Å². The molecule has 1 saturated carbocycles. The topological polar surface area (TPSA) is 52.6 Å². The van der Waals surface area contributed by atoms with E-state index >= 15 is 0 Å². The van der Waals surface area contributed by atoms with Gasteiger partial charge in [-0.2, -0.15) is 0 Å². The molecule has 4 nitrogen and oxygen atoms in total. The summed E-state index contributed by atoms with van der Waals surface area (Å²) in [5.41, 5.74) is 5.46. The Labute approximate surface area is 220 Å². The number of amides is 1. The molecule has 1 aliphatic carbocycles. The Morgan fingerprint density at radius 3 is 2.69 bits per heavy atom. The van der Waals surface area contributed by atoms with Gasteiger partial charge in [0.15, 0.2) is 0 Å². The van der Waals surface area contributed by atoms with Gasteiger partial charge in [0.1, 0.15) is 0 Å². The number of nitrogens with zero attached hydrogens (tertiary/aromatic N) is 1. The molecule has 36 heavy (non-hydrogen) atoms. The minimum atomic E-state index is -0.116. The fourth-order valence-corrected chi connectivity index (χ4v) is 5.40. The van der Waals surface area contributed by atoms with Crippen LogP contribution in [0.1, 0.15) is 81.9 Å². The van der Waals surface area contributed by atoms with E-state index in [2.05, 4.69) is 50.5 Å². The van der Waals surface area contributed by atoms with Crippen LogP contribution in [-0.2, 0) is 24.1 Å². The lowest BCUT2D eigenvalue weighted by molar-refractivity contribution is -0.124. The van der Waals surface area contributed by atoms with Crippen LogP contribution < -0.4 is 5.32 Å². The second kappa shape index (κ2) is 16.4. The smallest absolute Gasteiger partial charge is 0.246 e. The fourth-order valence-electron chi connectivity index (χ4n) is 5.40. The van der Waals surface area contributed by atoms with E-state index in [1.165, 1.54) is 48.4 Å². The van der Waals surface area contributed by atoms with Gasteiger partial charge in [-0.1, -0.05) is 70.2 Å². The van der Waals surface area contributed by atoms with E-state index in [4.69, 9.17) is 0 Å². The first kappa shape index (κ1) is 29.9. The molecular formula is C32H50N2O2. The average Bonchev–Trinajstić information content (AvgIpc) is 2.84. The number of nitrogens with one attached hydrogen (secondary N) is 1. The van der Waals surface area contributed by atoms with Crippen molar-refractivity contribution in [3.05, 3.63) is 72.0 Å². The van der Waals surface area contributed by atoms with E-state index in [0.29, 0.717) is 18.4 Å². The van der Waals surface area contributed by atoms with E-state index in [1.807, 2.05) is 7.05 Å². The molecule has 0 heterocycles.